The van der Waals surface area contributed by atoms with Crippen LogP contribution in [0.25, 0.3) is 0 Å². The van der Waals surface area contributed by atoms with E-state index in [9.17, 15) is 4.79 Å². The molecule has 3 N–H and O–H groups in total. The first kappa shape index (κ1) is 12.4. The minimum atomic E-state index is -0.0292. The van der Waals surface area contributed by atoms with Crippen molar-refractivity contribution in [3.63, 3.8) is 0 Å². The molecule has 1 amide bonds. The number of thiophene rings is 1. The summed E-state index contributed by atoms with van der Waals surface area (Å²) < 4.78 is 0. The Kier molecular flexibility index (Phi) is 4.02. The molecule has 1 aliphatic rings. The van der Waals surface area contributed by atoms with E-state index in [-0.39, 0.29) is 18.6 Å². The van der Waals surface area contributed by atoms with Crippen LogP contribution in [0.3, 0.4) is 0 Å². The van der Waals surface area contributed by atoms with Crippen molar-refractivity contribution in [1.29, 1.82) is 0 Å². The van der Waals surface area contributed by atoms with Gasteiger partial charge in [-0.15, -0.1) is 11.3 Å². The Morgan fingerprint density at radius 3 is 2.76 bits per heavy atom. The van der Waals surface area contributed by atoms with Gasteiger partial charge in [0, 0.05) is 12.6 Å². The highest BCUT2D eigenvalue weighted by molar-refractivity contribution is 7.12. The molecule has 0 spiro atoms. The first-order chi connectivity index (χ1) is 8.24. The summed E-state index contributed by atoms with van der Waals surface area (Å²) in [5.74, 6) is -0.0292. The quantitative estimate of drug-likeness (QED) is 0.859. The van der Waals surface area contributed by atoms with Crippen LogP contribution in [0.2, 0.25) is 0 Å². The predicted octanol–water partition coefficient (Wildman–Crippen LogP) is 1.71. The molecular weight excluding hydrogens is 236 g/mol. The maximum atomic E-state index is 12.3. The lowest BCUT2D eigenvalue weighted by molar-refractivity contribution is 0.0644. The fraction of sp³-hybridized carbons (Fsp3) is 0.583. The van der Waals surface area contributed by atoms with E-state index in [1.54, 1.807) is 11.0 Å². The molecule has 0 aliphatic heterocycles. The molecule has 17 heavy (non-hydrogen) atoms. The van der Waals surface area contributed by atoms with Crippen LogP contribution < -0.4 is 5.73 Å². The van der Waals surface area contributed by atoms with Gasteiger partial charge < -0.3 is 15.7 Å². The SMILES string of the molecule is Nc1ccsc1C(=O)N(CCO)C1CCCC1. The van der Waals surface area contributed by atoms with Gasteiger partial charge in [0.05, 0.1) is 12.3 Å². The Balaban J connectivity index is 2.15. The minimum Gasteiger partial charge on any atom is -0.397 e. The molecular formula is C12H18N2O2S. The lowest BCUT2D eigenvalue weighted by atomic mass is 10.2. The lowest BCUT2D eigenvalue weighted by Gasteiger charge is -2.28. The molecule has 0 atom stereocenters. The summed E-state index contributed by atoms with van der Waals surface area (Å²) in [4.78, 5) is 14.7. The Morgan fingerprint density at radius 2 is 2.24 bits per heavy atom. The molecule has 1 aliphatic carbocycles. The zero-order valence-electron chi connectivity index (χ0n) is 9.76. The lowest BCUT2D eigenvalue weighted by Crippen LogP contribution is -2.40. The molecule has 1 saturated carbocycles. The van der Waals surface area contributed by atoms with Gasteiger partial charge in [0.15, 0.2) is 0 Å². The zero-order chi connectivity index (χ0) is 12.3. The first-order valence-corrected chi connectivity index (χ1v) is 6.87. The Morgan fingerprint density at radius 1 is 1.53 bits per heavy atom. The summed E-state index contributed by atoms with van der Waals surface area (Å²) in [6.07, 6.45) is 4.41. The largest absolute Gasteiger partial charge is 0.397 e. The van der Waals surface area contributed by atoms with Gasteiger partial charge in [0.25, 0.3) is 5.91 Å². The minimum absolute atomic E-state index is 0.00746. The van der Waals surface area contributed by atoms with Gasteiger partial charge in [-0.1, -0.05) is 12.8 Å². The molecule has 94 valence electrons. The summed E-state index contributed by atoms with van der Waals surface area (Å²) in [6, 6.07) is 2.03. The van der Waals surface area contributed by atoms with Gasteiger partial charge in [0.2, 0.25) is 0 Å². The Bertz CT molecular complexity index is 386. The monoisotopic (exact) mass is 254 g/mol. The zero-order valence-corrected chi connectivity index (χ0v) is 10.6. The molecule has 1 fully saturated rings. The molecule has 5 heteroatoms. The van der Waals surface area contributed by atoms with Gasteiger partial charge in [-0.05, 0) is 24.3 Å². The average molecular weight is 254 g/mol. The Hall–Kier alpha value is -1.07. The van der Waals surface area contributed by atoms with Crippen molar-refractivity contribution in [2.24, 2.45) is 0 Å². The summed E-state index contributed by atoms with van der Waals surface area (Å²) in [6.45, 7) is 0.411. The van der Waals surface area contributed by atoms with Crippen LogP contribution >= 0.6 is 11.3 Å². The maximum Gasteiger partial charge on any atom is 0.266 e. The number of nitrogens with zero attached hydrogens (tertiary/aromatic N) is 1. The van der Waals surface area contributed by atoms with Crippen molar-refractivity contribution >= 4 is 22.9 Å². The van der Waals surface area contributed by atoms with Crippen LogP contribution in [0.5, 0.6) is 0 Å². The van der Waals surface area contributed by atoms with Crippen LogP contribution in [-0.2, 0) is 0 Å². The molecule has 0 radical (unpaired) electrons. The smallest absolute Gasteiger partial charge is 0.266 e. The number of hydrogen-bond acceptors (Lipinski definition) is 4. The molecule has 2 rings (SSSR count). The number of nitrogen functional groups attached to an aromatic ring is 1. The number of rotatable bonds is 4. The van der Waals surface area contributed by atoms with E-state index in [2.05, 4.69) is 0 Å². The molecule has 0 bridgehead atoms. The molecule has 4 nitrogen and oxygen atoms in total. The van der Waals surface area contributed by atoms with Crippen molar-refractivity contribution in [3.8, 4) is 0 Å². The second-order valence-electron chi connectivity index (χ2n) is 4.37. The van der Waals surface area contributed by atoms with Crippen molar-refractivity contribution in [3.05, 3.63) is 16.3 Å². The third kappa shape index (κ3) is 2.61. The highest BCUT2D eigenvalue weighted by Gasteiger charge is 2.28. The summed E-state index contributed by atoms with van der Waals surface area (Å²) in [5, 5.41) is 10.9. The van der Waals surface area contributed by atoms with Crippen LogP contribution in [0.1, 0.15) is 35.4 Å². The molecule has 1 aromatic rings. The van der Waals surface area contributed by atoms with E-state index in [4.69, 9.17) is 10.8 Å². The number of hydrogen-bond donors (Lipinski definition) is 2. The number of amides is 1. The van der Waals surface area contributed by atoms with Gasteiger partial charge in [-0.25, -0.2) is 0 Å². The second-order valence-corrected chi connectivity index (χ2v) is 5.28. The molecule has 0 aromatic carbocycles. The highest BCUT2D eigenvalue weighted by Crippen LogP contribution is 2.27. The topological polar surface area (TPSA) is 66.6 Å². The van der Waals surface area contributed by atoms with Crippen LogP contribution in [0.15, 0.2) is 11.4 Å². The third-order valence-electron chi connectivity index (χ3n) is 3.26. The van der Waals surface area contributed by atoms with Crippen molar-refractivity contribution < 1.29 is 9.90 Å². The average Bonchev–Trinajstić information content (AvgIpc) is 2.95. The fourth-order valence-electron chi connectivity index (χ4n) is 2.40. The van der Waals surface area contributed by atoms with E-state index in [0.29, 0.717) is 17.1 Å². The van der Waals surface area contributed by atoms with Crippen LogP contribution in [-0.4, -0.2) is 35.1 Å². The van der Waals surface area contributed by atoms with Crippen LogP contribution in [0, 0.1) is 0 Å². The van der Waals surface area contributed by atoms with E-state index in [0.717, 1.165) is 12.8 Å². The van der Waals surface area contributed by atoms with Crippen LogP contribution in [0.4, 0.5) is 5.69 Å². The number of aliphatic hydroxyl groups excluding tert-OH is 1. The molecule has 1 heterocycles. The maximum absolute atomic E-state index is 12.3. The fourth-order valence-corrected chi connectivity index (χ4v) is 3.17. The van der Waals surface area contributed by atoms with E-state index in [1.165, 1.54) is 24.2 Å². The summed E-state index contributed by atoms with van der Waals surface area (Å²) in [7, 11) is 0. The standard InChI is InChI=1S/C12H18N2O2S/c13-10-5-8-17-11(10)12(16)14(6-7-15)9-3-1-2-4-9/h5,8-9,15H,1-4,6-7,13H2. The Labute approximate surface area is 105 Å². The number of nitrogens with two attached hydrogens (primary N) is 1. The van der Waals surface area contributed by atoms with E-state index >= 15 is 0 Å². The van der Waals surface area contributed by atoms with Gasteiger partial charge in [-0.3, -0.25) is 4.79 Å². The van der Waals surface area contributed by atoms with Gasteiger partial charge in [-0.2, -0.15) is 0 Å². The highest BCUT2D eigenvalue weighted by atomic mass is 32.1. The number of carbonyl (C=O) groups is 1. The number of aliphatic hydroxyl groups is 1. The van der Waals surface area contributed by atoms with E-state index in [1.807, 2.05) is 5.38 Å². The predicted molar refractivity (Wildman–Crippen MR) is 69.1 cm³/mol. The van der Waals surface area contributed by atoms with Gasteiger partial charge >= 0.3 is 0 Å². The molecule has 0 unspecified atom stereocenters. The van der Waals surface area contributed by atoms with Gasteiger partial charge in [0.1, 0.15) is 4.88 Å². The molecule has 1 aromatic heterocycles. The number of anilines is 1. The van der Waals surface area contributed by atoms with Crippen molar-refractivity contribution in [1.82, 2.24) is 4.90 Å². The number of carbonyl (C=O) groups excluding carboxylic acids is 1. The normalized spacial score (nSPS) is 16.3. The third-order valence-corrected chi connectivity index (χ3v) is 4.18. The first-order valence-electron chi connectivity index (χ1n) is 5.99. The van der Waals surface area contributed by atoms with Crippen molar-refractivity contribution in [2.45, 2.75) is 31.7 Å². The molecule has 0 saturated heterocycles. The summed E-state index contributed by atoms with van der Waals surface area (Å²) >= 11 is 1.37. The summed E-state index contributed by atoms with van der Waals surface area (Å²) in [5.41, 5.74) is 6.32. The second kappa shape index (κ2) is 5.51. The van der Waals surface area contributed by atoms with Crippen molar-refractivity contribution in [2.75, 3.05) is 18.9 Å². The van der Waals surface area contributed by atoms with E-state index < -0.39 is 0 Å².